The van der Waals surface area contributed by atoms with E-state index < -0.39 is 0 Å². The van der Waals surface area contributed by atoms with Crippen molar-refractivity contribution in [2.24, 2.45) is 0 Å². The molecule has 2 heteroatoms. The molecule has 28 heavy (non-hydrogen) atoms. The van der Waals surface area contributed by atoms with Crippen molar-refractivity contribution >= 4 is 17.2 Å². The number of hydrogen-bond acceptors (Lipinski definition) is 2. The van der Waals surface area contributed by atoms with Gasteiger partial charge in [0.25, 0.3) is 0 Å². The molecule has 0 aromatic heterocycles. The van der Waals surface area contributed by atoms with Crippen LogP contribution >= 0.6 is 0 Å². The molecule has 1 N–H and O–H groups in total. The van der Waals surface area contributed by atoms with Gasteiger partial charge in [-0.05, 0) is 55.5 Å². The third-order valence-corrected chi connectivity index (χ3v) is 4.89. The molecule has 2 nitrogen and oxygen atoms in total. The van der Waals surface area contributed by atoms with Gasteiger partial charge in [-0.15, -0.1) is 0 Å². The third kappa shape index (κ3) is 4.51. The van der Waals surface area contributed by atoms with E-state index in [4.69, 9.17) is 0 Å². The topological polar surface area (TPSA) is 29.1 Å². The summed E-state index contributed by atoms with van der Waals surface area (Å²) in [6.45, 7) is 12.2. The zero-order valence-corrected chi connectivity index (χ0v) is 17.9. The average Bonchev–Trinajstić information content (AvgIpc) is 2.71. The summed E-state index contributed by atoms with van der Waals surface area (Å²) in [4.78, 5) is 13.3. The van der Waals surface area contributed by atoms with Gasteiger partial charge in [-0.3, -0.25) is 4.79 Å². The lowest BCUT2D eigenvalue weighted by Gasteiger charge is -2.18. The SMILES string of the molecule is CC.CCc1cccc(C)c1Nc1cccc(C)c1C(=O)c1ccccc1C. The van der Waals surface area contributed by atoms with Crippen LogP contribution in [0.1, 0.15) is 58.9 Å². The molecule has 3 aromatic rings. The summed E-state index contributed by atoms with van der Waals surface area (Å²) in [6.07, 6.45) is 0.941. The van der Waals surface area contributed by atoms with Crippen LogP contribution in [0.2, 0.25) is 0 Å². The van der Waals surface area contributed by atoms with Crippen molar-refractivity contribution in [3.63, 3.8) is 0 Å². The Morgan fingerprint density at radius 2 is 1.39 bits per heavy atom. The van der Waals surface area contributed by atoms with Gasteiger partial charge in [0.05, 0.1) is 0 Å². The maximum absolute atomic E-state index is 13.3. The highest BCUT2D eigenvalue weighted by Crippen LogP contribution is 2.30. The van der Waals surface area contributed by atoms with Gasteiger partial charge in [-0.25, -0.2) is 0 Å². The summed E-state index contributed by atoms with van der Waals surface area (Å²) in [7, 11) is 0. The van der Waals surface area contributed by atoms with E-state index >= 15 is 0 Å². The zero-order valence-electron chi connectivity index (χ0n) is 17.9. The average molecular weight is 374 g/mol. The van der Waals surface area contributed by atoms with Gasteiger partial charge in [-0.2, -0.15) is 0 Å². The number of ketones is 1. The maximum Gasteiger partial charge on any atom is 0.195 e. The summed E-state index contributed by atoms with van der Waals surface area (Å²) in [5, 5.41) is 3.55. The van der Waals surface area contributed by atoms with E-state index in [1.54, 1.807) is 0 Å². The van der Waals surface area contributed by atoms with E-state index in [-0.39, 0.29) is 5.78 Å². The van der Waals surface area contributed by atoms with E-state index in [2.05, 4.69) is 37.4 Å². The number of carbonyl (C=O) groups excluding carboxylic acids is 1. The first-order valence-electron chi connectivity index (χ1n) is 10.1. The molecular weight excluding hydrogens is 342 g/mol. The number of anilines is 2. The van der Waals surface area contributed by atoms with Crippen LogP contribution in [0.4, 0.5) is 11.4 Å². The second-order valence-electron chi connectivity index (χ2n) is 6.73. The quantitative estimate of drug-likeness (QED) is 0.480. The van der Waals surface area contributed by atoms with Crippen molar-refractivity contribution in [1.29, 1.82) is 0 Å². The molecule has 0 amide bonds. The minimum atomic E-state index is 0.0651. The Labute approximate surface area is 169 Å². The Morgan fingerprint density at radius 3 is 2.07 bits per heavy atom. The molecule has 0 aliphatic carbocycles. The maximum atomic E-state index is 13.3. The van der Waals surface area contributed by atoms with Crippen LogP contribution < -0.4 is 5.32 Å². The van der Waals surface area contributed by atoms with Crippen molar-refractivity contribution in [2.75, 3.05) is 5.32 Å². The van der Waals surface area contributed by atoms with Gasteiger partial charge in [0.1, 0.15) is 0 Å². The number of rotatable bonds is 5. The minimum absolute atomic E-state index is 0.0651. The lowest BCUT2D eigenvalue weighted by Crippen LogP contribution is -2.10. The highest BCUT2D eigenvalue weighted by molar-refractivity contribution is 6.14. The second kappa shape index (κ2) is 9.89. The fraction of sp³-hybridized carbons (Fsp3) is 0.269. The smallest absolute Gasteiger partial charge is 0.195 e. The molecule has 0 bridgehead atoms. The molecule has 3 rings (SSSR count). The molecular formula is C26H31NO. The summed E-state index contributed by atoms with van der Waals surface area (Å²) in [5.41, 5.74) is 7.87. The summed E-state index contributed by atoms with van der Waals surface area (Å²) in [6, 6.07) is 20.1. The number of aryl methyl sites for hydroxylation is 4. The zero-order chi connectivity index (χ0) is 20.7. The van der Waals surface area contributed by atoms with Crippen LogP contribution in [0.15, 0.2) is 60.7 Å². The second-order valence-corrected chi connectivity index (χ2v) is 6.73. The van der Waals surface area contributed by atoms with Crippen LogP contribution in [-0.4, -0.2) is 5.78 Å². The van der Waals surface area contributed by atoms with Gasteiger partial charge in [0.15, 0.2) is 5.78 Å². The Morgan fingerprint density at radius 1 is 0.786 bits per heavy atom. The standard InChI is InChI=1S/C24H25NO.C2H6/c1-5-19-13-8-12-18(4)23(19)25-21-15-9-11-17(3)22(21)24(26)20-14-7-6-10-16(20)2;1-2/h6-15,25H,5H2,1-4H3;1-2H3. The van der Waals surface area contributed by atoms with Crippen LogP contribution in [0.3, 0.4) is 0 Å². The van der Waals surface area contributed by atoms with Crippen molar-refractivity contribution in [2.45, 2.75) is 48.0 Å². The first-order valence-corrected chi connectivity index (χ1v) is 10.1. The molecule has 0 spiro atoms. The third-order valence-electron chi connectivity index (χ3n) is 4.89. The Bertz CT molecular complexity index is 956. The molecule has 146 valence electrons. The molecule has 0 aliphatic rings. The van der Waals surface area contributed by atoms with Gasteiger partial charge < -0.3 is 5.32 Å². The van der Waals surface area contributed by atoms with E-state index in [1.165, 1.54) is 11.1 Å². The van der Waals surface area contributed by atoms with E-state index in [9.17, 15) is 4.79 Å². The largest absolute Gasteiger partial charge is 0.354 e. The summed E-state index contributed by atoms with van der Waals surface area (Å²) < 4.78 is 0. The number of carbonyl (C=O) groups is 1. The lowest BCUT2D eigenvalue weighted by molar-refractivity contribution is 0.103. The minimum Gasteiger partial charge on any atom is -0.354 e. The van der Waals surface area contributed by atoms with Gasteiger partial charge in [0.2, 0.25) is 0 Å². The van der Waals surface area contributed by atoms with Crippen molar-refractivity contribution in [1.82, 2.24) is 0 Å². The van der Waals surface area contributed by atoms with Gasteiger partial charge in [0, 0.05) is 22.5 Å². The number of benzene rings is 3. The molecule has 0 radical (unpaired) electrons. The van der Waals surface area contributed by atoms with E-state index in [0.717, 1.165) is 40.0 Å². The Kier molecular flexibility index (Phi) is 7.57. The van der Waals surface area contributed by atoms with Crippen LogP contribution in [0, 0.1) is 20.8 Å². The van der Waals surface area contributed by atoms with Crippen molar-refractivity contribution < 1.29 is 4.79 Å². The van der Waals surface area contributed by atoms with E-state index in [1.807, 2.05) is 70.2 Å². The van der Waals surface area contributed by atoms with Crippen LogP contribution in [0.25, 0.3) is 0 Å². The highest BCUT2D eigenvalue weighted by atomic mass is 16.1. The fourth-order valence-corrected chi connectivity index (χ4v) is 3.37. The molecule has 0 saturated carbocycles. The van der Waals surface area contributed by atoms with Gasteiger partial charge in [-0.1, -0.05) is 75.4 Å². The Balaban J connectivity index is 0.00000136. The predicted octanol–water partition coefficient (Wildman–Crippen LogP) is 7.18. The lowest BCUT2D eigenvalue weighted by atomic mass is 9.94. The molecule has 0 saturated heterocycles. The first-order chi connectivity index (χ1) is 13.5. The molecule has 0 fully saturated rings. The van der Waals surface area contributed by atoms with Crippen LogP contribution in [-0.2, 0) is 6.42 Å². The fourth-order valence-electron chi connectivity index (χ4n) is 3.37. The van der Waals surface area contributed by atoms with Crippen molar-refractivity contribution in [3.05, 3.63) is 94.0 Å². The Hall–Kier alpha value is -2.87. The normalized spacial score (nSPS) is 10.1. The van der Waals surface area contributed by atoms with Gasteiger partial charge >= 0.3 is 0 Å². The monoisotopic (exact) mass is 373 g/mol. The highest BCUT2D eigenvalue weighted by Gasteiger charge is 2.18. The molecule has 3 aromatic carbocycles. The molecule has 0 heterocycles. The molecule has 0 aliphatic heterocycles. The van der Waals surface area contributed by atoms with Crippen molar-refractivity contribution in [3.8, 4) is 0 Å². The molecule has 0 unspecified atom stereocenters. The van der Waals surface area contributed by atoms with E-state index in [0.29, 0.717) is 0 Å². The number of nitrogens with one attached hydrogen (secondary N) is 1. The number of hydrogen-bond donors (Lipinski definition) is 1. The number of para-hydroxylation sites is 1. The first kappa shape index (κ1) is 21.4. The predicted molar refractivity (Wildman–Crippen MR) is 121 cm³/mol. The molecule has 0 atom stereocenters. The van der Waals surface area contributed by atoms with Crippen LogP contribution in [0.5, 0.6) is 0 Å². The summed E-state index contributed by atoms with van der Waals surface area (Å²) in [5.74, 6) is 0.0651. The summed E-state index contributed by atoms with van der Waals surface area (Å²) >= 11 is 0.